The van der Waals surface area contributed by atoms with Gasteiger partial charge in [-0.1, -0.05) is 12.1 Å². The van der Waals surface area contributed by atoms with Crippen molar-refractivity contribution in [2.45, 2.75) is 31.6 Å². The van der Waals surface area contributed by atoms with Gasteiger partial charge in [-0.3, -0.25) is 0 Å². The minimum Gasteiger partial charge on any atom is -0.198 e. The van der Waals surface area contributed by atoms with Gasteiger partial charge in [0.1, 0.15) is 0 Å². The average molecular weight is 344 g/mol. The molecular formula is C14H12ClF6N. The normalized spacial score (nSPS) is 15.2. The van der Waals surface area contributed by atoms with E-state index in [2.05, 4.69) is 0 Å². The highest BCUT2D eigenvalue weighted by molar-refractivity contribution is 6.18. The van der Waals surface area contributed by atoms with Crippen LogP contribution in [0.2, 0.25) is 0 Å². The van der Waals surface area contributed by atoms with Gasteiger partial charge in [-0.2, -0.15) is 31.6 Å². The summed E-state index contributed by atoms with van der Waals surface area (Å²) >= 11 is 5.64. The summed E-state index contributed by atoms with van der Waals surface area (Å²) in [6, 6.07) is 5.73. The first-order chi connectivity index (χ1) is 10.0. The quantitative estimate of drug-likeness (QED) is 0.523. The number of rotatable bonds is 5. The Morgan fingerprint density at radius 3 is 1.86 bits per heavy atom. The SMILES string of the molecule is N#CC(CCl)(CCC(F)(F)F)Cc1ccc(C(F)(F)F)cc1. The largest absolute Gasteiger partial charge is 0.416 e. The van der Waals surface area contributed by atoms with E-state index in [4.69, 9.17) is 16.9 Å². The van der Waals surface area contributed by atoms with Gasteiger partial charge in [0.05, 0.1) is 17.0 Å². The van der Waals surface area contributed by atoms with Crippen LogP contribution in [0.1, 0.15) is 24.0 Å². The molecule has 0 N–H and O–H groups in total. The Morgan fingerprint density at radius 2 is 1.50 bits per heavy atom. The molecule has 1 aromatic carbocycles. The summed E-state index contributed by atoms with van der Waals surface area (Å²) in [4.78, 5) is 0. The fourth-order valence-corrected chi connectivity index (χ4v) is 2.20. The van der Waals surface area contributed by atoms with Crippen molar-refractivity contribution in [3.8, 4) is 6.07 Å². The van der Waals surface area contributed by atoms with Crippen LogP contribution in [0.15, 0.2) is 24.3 Å². The molecule has 0 aromatic heterocycles. The second kappa shape index (κ2) is 6.78. The molecular weight excluding hydrogens is 332 g/mol. The summed E-state index contributed by atoms with van der Waals surface area (Å²) in [5, 5.41) is 9.14. The molecule has 0 radical (unpaired) electrons. The Bertz CT molecular complexity index is 528. The lowest BCUT2D eigenvalue weighted by atomic mass is 9.80. The van der Waals surface area contributed by atoms with E-state index in [0.29, 0.717) is 5.56 Å². The van der Waals surface area contributed by atoms with Crippen LogP contribution < -0.4 is 0 Å². The topological polar surface area (TPSA) is 23.8 Å². The van der Waals surface area contributed by atoms with Crippen molar-refractivity contribution in [1.29, 1.82) is 5.26 Å². The Labute approximate surface area is 128 Å². The molecule has 0 saturated carbocycles. The molecule has 8 heteroatoms. The number of benzene rings is 1. The van der Waals surface area contributed by atoms with Gasteiger partial charge in [0, 0.05) is 12.3 Å². The molecule has 0 aliphatic rings. The summed E-state index contributed by atoms with van der Waals surface area (Å²) in [6.45, 7) is 0. The number of nitriles is 1. The Balaban J connectivity index is 2.90. The fraction of sp³-hybridized carbons (Fsp3) is 0.500. The molecule has 0 aliphatic carbocycles. The van der Waals surface area contributed by atoms with Gasteiger partial charge in [-0.25, -0.2) is 0 Å². The first-order valence-corrected chi connectivity index (χ1v) is 6.75. The second-order valence-corrected chi connectivity index (χ2v) is 5.28. The molecule has 1 atom stereocenters. The summed E-state index contributed by atoms with van der Waals surface area (Å²) in [6.07, 6.45) is -10.7. The lowest BCUT2D eigenvalue weighted by Crippen LogP contribution is -2.26. The van der Waals surface area contributed by atoms with Crippen LogP contribution >= 0.6 is 11.6 Å². The fourth-order valence-electron chi connectivity index (χ4n) is 1.91. The van der Waals surface area contributed by atoms with Crippen molar-refractivity contribution >= 4 is 11.6 Å². The molecule has 0 heterocycles. The van der Waals surface area contributed by atoms with Crippen molar-refractivity contribution in [2.24, 2.45) is 5.41 Å². The molecule has 0 aliphatic heterocycles. The second-order valence-electron chi connectivity index (χ2n) is 5.01. The summed E-state index contributed by atoms with van der Waals surface area (Å²) in [7, 11) is 0. The summed E-state index contributed by atoms with van der Waals surface area (Å²) in [5.41, 5.74) is -1.99. The highest BCUT2D eigenvalue weighted by Gasteiger charge is 2.36. The number of hydrogen-bond donors (Lipinski definition) is 0. The van der Waals surface area contributed by atoms with Gasteiger partial charge in [0.2, 0.25) is 0 Å². The zero-order valence-corrected chi connectivity index (χ0v) is 12.0. The lowest BCUT2D eigenvalue weighted by molar-refractivity contribution is -0.139. The zero-order valence-electron chi connectivity index (χ0n) is 11.2. The van der Waals surface area contributed by atoms with Crippen molar-refractivity contribution in [3.63, 3.8) is 0 Å². The molecule has 1 unspecified atom stereocenters. The third-order valence-corrected chi connectivity index (χ3v) is 3.72. The van der Waals surface area contributed by atoms with Gasteiger partial charge in [-0.15, -0.1) is 11.6 Å². The molecule has 0 spiro atoms. The molecule has 22 heavy (non-hydrogen) atoms. The van der Waals surface area contributed by atoms with Crippen LogP contribution in [0.25, 0.3) is 0 Å². The minimum absolute atomic E-state index is 0.138. The van der Waals surface area contributed by atoms with E-state index in [1.807, 2.05) is 0 Å². The number of hydrogen-bond acceptors (Lipinski definition) is 1. The number of nitrogens with zero attached hydrogens (tertiary/aromatic N) is 1. The predicted octanol–water partition coefficient (Wildman–Crippen LogP) is 5.34. The van der Waals surface area contributed by atoms with Crippen LogP contribution in [-0.2, 0) is 12.6 Å². The Hall–Kier alpha value is -1.42. The van der Waals surface area contributed by atoms with Gasteiger partial charge < -0.3 is 0 Å². The molecule has 1 rings (SSSR count). The third kappa shape index (κ3) is 5.41. The molecule has 0 bridgehead atoms. The first kappa shape index (κ1) is 18.6. The Kier molecular flexibility index (Phi) is 5.74. The van der Waals surface area contributed by atoms with Gasteiger partial charge in [0.25, 0.3) is 0 Å². The minimum atomic E-state index is -4.49. The maximum Gasteiger partial charge on any atom is 0.416 e. The van der Waals surface area contributed by atoms with Crippen molar-refractivity contribution in [1.82, 2.24) is 0 Å². The van der Waals surface area contributed by atoms with E-state index >= 15 is 0 Å². The molecule has 0 fully saturated rings. The summed E-state index contributed by atoms with van der Waals surface area (Å²) in [5.74, 6) is -0.333. The molecule has 1 nitrogen and oxygen atoms in total. The van der Waals surface area contributed by atoms with Crippen LogP contribution in [0, 0.1) is 16.7 Å². The van der Waals surface area contributed by atoms with Crippen LogP contribution in [-0.4, -0.2) is 12.1 Å². The predicted molar refractivity (Wildman–Crippen MR) is 69.2 cm³/mol. The monoisotopic (exact) mass is 343 g/mol. The molecule has 0 saturated heterocycles. The zero-order chi connectivity index (χ0) is 17.0. The number of halogens is 7. The highest BCUT2D eigenvalue weighted by Crippen LogP contribution is 2.35. The van der Waals surface area contributed by atoms with E-state index in [1.54, 1.807) is 6.07 Å². The standard InChI is InChI=1S/C14H12ClF6N/c15-8-12(9-22,5-6-13(16,17)18)7-10-1-3-11(4-2-10)14(19,20)21/h1-4H,5-8H2. The van der Waals surface area contributed by atoms with E-state index in [0.717, 1.165) is 24.3 Å². The van der Waals surface area contributed by atoms with Crippen molar-refractivity contribution < 1.29 is 26.3 Å². The molecule has 0 amide bonds. The summed E-state index contributed by atoms with van der Waals surface area (Å²) < 4.78 is 74.2. The lowest BCUT2D eigenvalue weighted by Gasteiger charge is -2.25. The van der Waals surface area contributed by atoms with E-state index in [9.17, 15) is 26.3 Å². The van der Waals surface area contributed by atoms with E-state index in [-0.39, 0.29) is 12.3 Å². The highest BCUT2D eigenvalue weighted by atomic mass is 35.5. The smallest absolute Gasteiger partial charge is 0.198 e. The Morgan fingerprint density at radius 1 is 0.955 bits per heavy atom. The maximum atomic E-state index is 12.4. The third-order valence-electron chi connectivity index (χ3n) is 3.20. The average Bonchev–Trinajstić information content (AvgIpc) is 2.42. The van der Waals surface area contributed by atoms with Crippen LogP contribution in [0.4, 0.5) is 26.3 Å². The van der Waals surface area contributed by atoms with Crippen LogP contribution in [0.5, 0.6) is 0 Å². The van der Waals surface area contributed by atoms with E-state index in [1.165, 1.54) is 0 Å². The molecule has 1 aromatic rings. The van der Waals surface area contributed by atoms with Gasteiger partial charge >= 0.3 is 12.4 Å². The van der Waals surface area contributed by atoms with Crippen molar-refractivity contribution in [2.75, 3.05) is 5.88 Å². The number of alkyl halides is 7. The van der Waals surface area contributed by atoms with E-state index < -0.39 is 36.2 Å². The van der Waals surface area contributed by atoms with Crippen molar-refractivity contribution in [3.05, 3.63) is 35.4 Å². The van der Waals surface area contributed by atoms with Crippen LogP contribution in [0.3, 0.4) is 0 Å². The van der Waals surface area contributed by atoms with Gasteiger partial charge in [0.15, 0.2) is 0 Å². The molecule has 122 valence electrons. The van der Waals surface area contributed by atoms with Gasteiger partial charge in [-0.05, 0) is 30.5 Å². The maximum absolute atomic E-state index is 12.4. The first-order valence-electron chi connectivity index (χ1n) is 6.21.